The van der Waals surface area contributed by atoms with E-state index in [9.17, 15) is 4.79 Å². The monoisotopic (exact) mass is 243 g/mol. The molecule has 5 heteroatoms. The number of piperidine rings is 1. The van der Waals surface area contributed by atoms with E-state index in [1.807, 2.05) is 17.0 Å². The number of aromatic amines is 1. The molecule has 16 heavy (non-hydrogen) atoms. The van der Waals surface area contributed by atoms with Gasteiger partial charge in [-0.15, -0.1) is 12.4 Å². The molecule has 4 nitrogen and oxygen atoms in total. The van der Waals surface area contributed by atoms with Crippen LogP contribution < -0.4 is 5.73 Å². The molecule has 0 radical (unpaired) electrons. The van der Waals surface area contributed by atoms with Crippen LogP contribution in [0.5, 0.6) is 0 Å². The summed E-state index contributed by atoms with van der Waals surface area (Å²) in [6.07, 6.45) is 3.84. The standard InChI is InChI=1S/C11H17N3O.ClH/c12-8-9-3-6-14(7-4-9)11(15)10-2-1-5-13-10;/h1-2,5,9,13H,3-4,6-8,12H2;1H. The van der Waals surface area contributed by atoms with E-state index >= 15 is 0 Å². The summed E-state index contributed by atoms with van der Waals surface area (Å²) in [5.74, 6) is 0.702. The van der Waals surface area contributed by atoms with Crippen LogP contribution in [0.4, 0.5) is 0 Å². The molecule has 1 aromatic rings. The number of likely N-dealkylation sites (tertiary alicyclic amines) is 1. The highest BCUT2D eigenvalue weighted by molar-refractivity contribution is 5.92. The van der Waals surface area contributed by atoms with E-state index in [0.717, 1.165) is 32.5 Å². The van der Waals surface area contributed by atoms with Crippen molar-refractivity contribution in [3.8, 4) is 0 Å². The molecule has 0 spiro atoms. The molecule has 2 heterocycles. The van der Waals surface area contributed by atoms with Crippen LogP contribution in [-0.4, -0.2) is 35.4 Å². The smallest absolute Gasteiger partial charge is 0.270 e. The second-order valence-corrected chi connectivity index (χ2v) is 4.06. The Balaban J connectivity index is 0.00000128. The Morgan fingerprint density at radius 1 is 1.50 bits per heavy atom. The van der Waals surface area contributed by atoms with Crippen molar-refractivity contribution in [3.05, 3.63) is 24.0 Å². The Morgan fingerprint density at radius 3 is 2.69 bits per heavy atom. The van der Waals surface area contributed by atoms with Crippen LogP contribution in [0.1, 0.15) is 23.3 Å². The molecule has 3 N–H and O–H groups in total. The summed E-state index contributed by atoms with van der Waals surface area (Å²) in [6.45, 7) is 2.41. The molecular formula is C11H18ClN3O. The predicted octanol–water partition coefficient (Wildman–Crippen LogP) is 1.25. The first-order valence-corrected chi connectivity index (χ1v) is 5.44. The third kappa shape index (κ3) is 2.77. The third-order valence-corrected chi connectivity index (χ3v) is 3.06. The number of carbonyl (C=O) groups excluding carboxylic acids is 1. The maximum atomic E-state index is 11.9. The Kier molecular flexibility index (Phi) is 4.83. The van der Waals surface area contributed by atoms with Crippen LogP contribution >= 0.6 is 12.4 Å². The van der Waals surface area contributed by atoms with Gasteiger partial charge < -0.3 is 15.6 Å². The quantitative estimate of drug-likeness (QED) is 0.821. The van der Waals surface area contributed by atoms with Gasteiger partial charge in [0.1, 0.15) is 5.69 Å². The third-order valence-electron chi connectivity index (χ3n) is 3.06. The lowest BCUT2D eigenvalue weighted by Crippen LogP contribution is -2.40. The number of hydrogen-bond acceptors (Lipinski definition) is 2. The molecule has 0 atom stereocenters. The summed E-state index contributed by atoms with van der Waals surface area (Å²) in [4.78, 5) is 16.8. The van der Waals surface area contributed by atoms with Crippen molar-refractivity contribution in [2.24, 2.45) is 11.7 Å². The van der Waals surface area contributed by atoms with Crippen LogP contribution in [0, 0.1) is 5.92 Å². The van der Waals surface area contributed by atoms with E-state index in [2.05, 4.69) is 4.98 Å². The van der Waals surface area contributed by atoms with Crippen molar-refractivity contribution in [2.75, 3.05) is 19.6 Å². The highest BCUT2D eigenvalue weighted by Crippen LogP contribution is 2.17. The van der Waals surface area contributed by atoms with Crippen molar-refractivity contribution in [1.82, 2.24) is 9.88 Å². The summed E-state index contributed by atoms with van der Waals surface area (Å²) < 4.78 is 0. The fraction of sp³-hybridized carbons (Fsp3) is 0.545. The zero-order valence-electron chi connectivity index (χ0n) is 9.19. The van der Waals surface area contributed by atoms with Gasteiger partial charge >= 0.3 is 0 Å². The second kappa shape index (κ2) is 5.92. The molecule has 90 valence electrons. The van der Waals surface area contributed by atoms with Gasteiger partial charge in [0.05, 0.1) is 0 Å². The van der Waals surface area contributed by atoms with Crippen molar-refractivity contribution in [1.29, 1.82) is 0 Å². The second-order valence-electron chi connectivity index (χ2n) is 4.06. The molecule has 1 aromatic heterocycles. The summed E-state index contributed by atoms with van der Waals surface area (Å²) in [5.41, 5.74) is 6.29. The lowest BCUT2D eigenvalue weighted by Gasteiger charge is -2.31. The zero-order valence-corrected chi connectivity index (χ0v) is 10.0. The van der Waals surface area contributed by atoms with Gasteiger partial charge in [0.25, 0.3) is 5.91 Å². The first-order chi connectivity index (χ1) is 7.31. The minimum Gasteiger partial charge on any atom is -0.357 e. The number of carbonyl (C=O) groups is 1. The topological polar surface area (TPSA) is 62.1 Å². The molecule has 0 bridgehead atoms. The molecular weight excluding hydrogens is 226 g/mol. The number of halogens is 1. The van der Waals surface area contributed by atoms with Gasteiger partial charge in [-0.3, -0.25) is 4.79 Å². The molecule has 1 fully saturated rings. The SMILES string of the molecule is Cl.NCC1CCN(C(=O)c2ccc[nH]2)CC1. The minimum atomic E-state index is 0. The van der Waals surface area contributed by atoms with E-state index in [1.54, 1.807) is 6.20 Å². The Hall–Kier alpha value is -1.00. The van der Waals surface area contributed by atoms with Crippen molar-refractivity contribution in [2.45, 2.75) is 12.8 Å². The van der Waals surface area contributed by atoms with Crippen LogP contribution in [0.15, 0.2) is 18.3 Å². The molecule has 0 saturated carbocycles. The van der Waals surface area contributed by atoms with Crippen LogP contribution in [0.25, 0.3) is 0 Å². The van der Waals surface area contributed by atoms with Gasteiger partial charge in [0.15, 0.2) is 0 Å². The molecule has 2 rings (SSSR count). The highest BCUT2D eigenvalue weighted by atomic mass is 35.5. The van der Waals surface area contributed by atoms with Gasteiger partial charge in [-0.25, -0.2) is 0 Å². The van der Waals surface area contributed by atoms with Gasteiger partial charge in [-0.2, -0.15) is 0 Å². The maximum Gasteiger partial charge on any atom is 0.270 e. The van der Waals surface area contributed by atoms with Crippen molar-refractivity contribution >= 4 is 18.3 Å². The van der Waals surface area contributed by atoms with Crippen LogP contribution in [0.3, 0.4) is 0 Å². The number of hydrogen-bond donors (Lipinski definition) is 2. The fourth-order valence-corrected chi connectivity index (χ4v) is 2.01. The van der Waals surface area contributed by atoms with E-state index in [0.29, 0.717) is 11.6 Å². The van der Waals surface area contributed by atoms with Gasteiger partial charge in [-0.05, 0) is 37.4 Å². The van der Waals surface area contributed by atoms with Crippen LogP contribution in [-0.2, 0) is 0 Å². The minimum absolute atomic E-state index is 0. The lowest BCUT2D eigenvalue weighted by molar-refractivity contribution is 0.0688. The summed E-state index contributed by atoms with van der Waals surface area (Å²) >= 11 is 0. The average Bonchev–Trinajstić information content (AvgIpc) is 2.82. The van der Waals surface area contributed by atoms with Gasteiger partial charge in [0, 0.05) is 19.3 Å². The van der Waals surface area contributed by atoms with Crippen molar-refractivity contribution < 1.29 is 4.79 Å². The maximum absolute atomic E-state index is 11.9. The molecule has 0 unspecified atom stereocenters. The molecule has 1 aliphatic heterocycles. The highest BCUT2D eigenvalue weighted by Gasteiger charge is 2.22. The van der Waals surface area contributed by atoms with E-state index in [4.69, 9.17) is 5.73 Å². The Morgan fingerprint density at radius 2 is 2.19 bits per heavy atom. The number of rotatable bonds is 2. The molecule has 1 amide bonds. The first-order valence-electron chi connectivity index (χ1n) is 5.44. The Bertz CT molecular complexity index is 318. The largest absolute Gasteiger partial charge is 0.357 e. The number of aromatic nitrogens is 1. The average molecular weight is 244 g/mol. The van der Waals surface area contributed by atoms with Gasteiger partial charge in [-0.1, -0.05) is 0 Å². The molecule has 0 aliphatic carbocycles. The van der Waals surface area contributed by atoms with Crippen molar-refractivity contribution in [3.63, 3.8) is 0 Å². The first kappa shape index (κ1) is 13.1. The Labute approximate surface area is 102 Å². The van der Waals surface area contributed by atoms with E-state index in [1.165, 1.54) is 0 Å². The summed E-state index contributed by atoms with van der Waals surface area (Å²) in [6, 6.07) is 3.66. The molecule has 1 saturated heterocycles. The number of amides is 1. The van der Waals surface area contributed by atoms with E-state index < -0.39 is 0 Å². The predicted molar refractivity (Wildman–Crippen MR) is 65.7 cm³/mol. The number of H-pyrrole nitrogens is 1. The summed E-state index contributed by atoms with van der Waals surface area (Å²) in [7, 11) is 0. The zero-order chi connectivity index (χ0) is 10.7. The van der Waals surface area contributed by atoms with Crippen LogP contribution in [0.2, 0.25) is 0 Å². The lowest BCUT2D eigenvalue weighted by atomic mass is 9.97. The summed E-state index contributed by atoms with van der Waals surface area (Å²) in [5, 5.41) is 0. The van der Waals surface area contributed by atoms with Gasteiger partial charge in [0.2, 0.25) is 0 Å². The number of nitrogens with two attached hydrogens (primary N) is 1. The molecule has 0 aromatic carbocycles. The molecule has 1 aliphatic rings. The van der Waals surface area contributed by atoms with E-state index in [-0.39, 0.29) is 18.3 Å². The fourth-order valence-electron chi connectivity index (χ4n) is 2.01. The number of nitrogens with one attached hydrogen (secondary N) is 1. The normalized spacial score (nSPS) is 16.9. The number of nitrogens with zero attached hydrogens (tertiary/aromatic N) is 1.